The summed E-state index contributed by atoms with van der Waals surface area (Å²) >= 11 is 0. The zero-order chi connectivity index (χ0) is 27.8. The van der Waals surface area contributed by atoms with Gasteiger partial charge in [-0.15, -0.1) is 0 Å². The fourth-order valence-corrected chi connectivity index (χ4v) is 5.67. The number of carbonyl (C=O) groups is 4. The van der Waals surface area contributed by atoms with E-state index in [1.807, 2.05) is 60.7 Å². The highest BCUT2D eigenvalue weighted by Gasteiger charge is 2.43. The summed E-state index contributed by atoms with van der Waals surface area (Å²) in [7, 11) is 0. The third-order valence-electron chi connectivity index (χ3n) is 7.66. The molecule has 4 rings (SSSR count). The summed E-state index contributed by atoms with van der Waals surface area (Å²) in [6, 6.07) is 16.6. The highest BCUT2D eigenvalue weighted by Crippen LogP contribution is 2.26. The second kappa shape index (κ2) is 13.4. The summed E-state index contributed by atoms with van der Waals surface area (Å²) in [5, 5.41) is 12.3. The molecule has 2 aliphatic rings. The highest BCUT2D eigenvalue weighted by atomic mass is 16.4. The van der Waals surface area contributed by atoms with E-state index in [9.17, 15) is 24.3 Å². The normalized spacial score (nSPS) is 20.4. The Hall–Kier alpha value is -3.72. The minimum absolute atomic E-state index is 0.215. The smallest absolute Gasteiger partial charge is 0.305 e. The zero-order valence-corrected chi connectivity index (χ0v) is 22.2. The summed E-state index contributed by atoms with van der Waals surface area (Å²) in [4.78, 5) is 54.8. The van der Waals surface area contributed by atoms with Crippen molar-refractivity contribution in [2.75, 3.05) is 13.1 Å². The number of rotatable bonds is 11. The number of amides is 3. The molecule has 0 spiro atoms. The monoisotopic (exact) mass is 534 g/mol. The van der Waals surface area contributed by atoms with E-state index in [1.54, 1.807) is 9.80 Å². The van der Waals surface area contributed by atoms with E-state index >= 15 is 0 Å². The predicted octanol–water partition coefficient (Wildman–Crippen LogP) is 2.13. The Morgan fingerprint density at radius 1 is 0.872 bits per heavy atom. The highest BCUT2D eigenvalue weighted by molar-refractivity contribution is 5.94. The topological polar surface area (TPSA) is 133 Å². The number of carboxylic acids is 1. The van der Waals surface area contributed by atoms with E-state index in [1.165, 1.54) is 0 Å². The summed E-state index contributed by atoms with van der Waals surface area (Å²) in [5.41, 5.74) is 8.29. The SMILES string of the molecule is NC(CCc1ccccc1)C(=O)N1CCCC1C(=O)N1CCCC1C(=O)NC(CC(=O)O)Cc1ccccc1. The van der Waals surface area contributed by atoms with E-state index < -0.39 is 30.1 Å². The van der Waals surface area contributed by atoms with Crippen LogP contribution in [0, 0.1) is 0 Å². The van der Waals surface area contributed by atoms with Gasteiger partial charge in [0, 0.05) is 19.1 Å². The predicted molar refractivity (Wildman–Crippen MR) is 147 cm³/mol. The molecule has 4 unspecified atom stereocenters. The van der Waals surface area contributed by atoms with Crippen LogP contribution in [-0.4, -0.2) is 75.9 Å². The van der Waals surface area contributed by atoms with Crippen molar-refractivity contribution in [2.45, 2.75) is 75.5 Å². The number of nitrogens with zero attached hydrogens (tertiary/aromatic N) is 2. The second-order valence-electron chi connectivity index (χ2n) is 10.5. The number of carboxylic acid groups (broad SMARTS) is 1. The maximum Gasteiger partial charge on any atom is 0.305 e. The van der Waals surface area contributed by atoms with Crippen molar-refractivity contribution >= 4 is 23.7 Å². The molecule has 2 aromatic rings. The van der Waals surface area contributed by atoms with Crippen LogP contribution in [0.15, 0.2) is 60.7 Å². The van der Waals surface area contributed by atoms with Crippen molar-refractivity contribution in [3.63, 3.8) is 0 Å². The minimum atomic E-state index is -1.00. The maximum atomic E-state index is 13.7. The molecule has 208 valence electrons. The number of aliphatic carboxylic acids is 1. The molecule has 0 aliphatic carbocycles. The average Bonchev–Trinajstić information content (AvgIpc) is 3.62. The molecule has 4 atom stereocenters. The molecular weight excluding hydrogens is 496 g/mol. The van der Waals surface area contributed by atoms with E-state index in [4.69, 9.17) is 5.73 Å². The third-order valence-corrected chi connectivity index (χ3v) is 7.66. The number of nitrogens with one attached hydrogen (secondary N) is 1. The summed E-state index contributed by atoms with van der Waals surface area (Å²) in [5.74, 6) is -1.81. The molecule has 0 aromatic heterocycles. The van der Waals surface area contributed by atoms with Gasteiger partial charge in [0.05, 0.1) is 12.5 Å². The van der Waals surface area contributed by atoms with E-state index in [-0.39, 0.29) is 24.1 Å². The van der Waals surface area contributed by atoms with Gasteiger partial charge in [-0.25, -0.2) is 0 Å². The maximum absolute atomic E-state index is 13.7. The number of nitrogens with two attached hydrogens (primary N) is 1. The first-order valence-corrected chi connectivity index (χ1v) is 13.8. The summed E-state index contributed by atoms with van der Waals surface area (Å²) in [6.07, 6.45) is 3.74. The van der Waals surface area contributed by atoms with E-state index in [0.29, 0.717) is 58.0 Å². The summed E-state index contributed by atoms with van der Waals surface area (Å²) < 4.78 is 0. The Bertz CT molecular complexity index is 1140. The van der Waals surface area contributed by atoms with Gasteiger partial charge >= 0.3 is 5.97 Å². The first kappa shape index (κ1) is 28.3. The average molecular weight is 535 g/mol. The second-order valence-corrected chi connectivity index (χ2v) is 10.5. The zero-order valence-electron chi connectivity index (χ0n) is 22.2. The Labute approximate surface area is 229 Å². The summed E-state index contributed by atoms with van der Waals surface area (Å²) in [6.45, 7) is 0.897. The molecular formula is C30H38N4O5. The van der Waals surface area contributed by atoms with Crippen LogP contribution in [0.25, 0.3) is 0 Å². The molecule has 0 saturated carbocycles. The Morgan fingerprint density at radius 3 is 2.10 bits per heavy atom. The van der Waals surface area contributed by atoms with Gasteiger partial charge in [0.25, 0.3) is 0 Å². The first-order valence-electron chi connectivity index (χ1n) is 13.8. The molecule has 9 nitrogen and oxygen atoms in total. The Morgan fingerprint density at radius 2 is 1.46 bits per heavy atom. The van der Waals surface area contributed by atoms with Crippen molar-refractivity contribution < 1.29 is 24.3 Å². The Kier molecular flexibility index (Phi) is 9.70. The van der Waals surface area contributed by atoms with Crippen LogP contribution < -0.4 is 11.1 Å². The largest absolute Gasteiger partial charge is 0.481 e. The standard InChI is InChI=1S/C30H38N4O5/c31-24(16-15-21-9-3-1-4-10-21)29(38)34-18-8-14-26(34)30(39)33-17-7-13-25(33)28(37)32-23(20-27(35)36)19-22-11-5-2-6-12-22/h1-6,9-12,23-26H,7-8,13-20,31H2,(H,32,37)(H,35,36). The van der Waals surface area contributed by atoms with Gasteiger partial charge in [-0.3, -0.25) is 19.2 Å². The van der Waals surface area contributed by atoms with Crippen LogP contribution >= 0.6 is 0 Å². The molecule has 2 heterocycles. The molecule has 3 amide bonds. The van der Waals surface area contributed by atoms with Crippen LogP contribution in [0.4, 0.5) is 0 Å². The van der Waals surface area contributed by atoms with Gasteiger partial charge in [-0.05, 0) is 56.1 Å². The lowest BCUT2D eigenvalue weighted by Crippen LogP contribution is -2.56. The van der Waals surface area contributed by atoms with E-state index in [0.717, 1.165) is 11.1 Å². The number of hydrogen-bond acceptors (Lipinski definition) is 5. The number of carbonyl (C=O) groups excluding carboxylic acids is 3. The van der Waals surface area contributed by atoms with Crippen molar-refractivity contribution in [1.82, 2.24) is 15.1 Å². The van der Waals surface area contributed by atoms with Crippen LogP contribution in [0.2, 0.25) is 0 Å². The van der Waals surface area contributed by atoms with Gasteiger partial charge in [-0.2, -0.15) is 0 Å². The molecule has 2 fully saturated rings. The molecule has 4 N–H and O–H groups in total. The van der Waals surface area contributed by atoms with Crippen LogP contribution in [0.3, 0.4) is 0 Å². The number of likely N-dealkylation sites (tertiary alicyclic amines) is 2. The van der Waals surface area contributed by atoms with Crippen LogP contribution in [0.1, 0.15) is 49.7 Å². The van der Waals surface area contributed by atoms with Gasteiger partial charge in [0.15, 0.2) is 0 Å². The molecule has 0 bridgehead atoms. The van der Waals surface area contributed by atoms with Gasteiger partial charge in [0.1, 0.15) is 12.1 Å². The lowest BCUT2D eigenvalue weighted by molar-refractivity contribution is -0.147. The molecule has 9 heteroatoms. The number of hydrogen-bond donors (Lipinski definition) is 3. The lowest BCUT2D eigenvalue weighted by atomic mass is 10.0. The fraction of sp³-hybridized carbons (Fsp3) is 0.467. The van der Waals surface area contributed by atoms with E-state index in [2.05, 4.69) is 5.32 Å². The minimum Gasteiger partial charge on any atom is -0.481 e. The quantitative estimate of drug-likeness (QED) is 0.405. The Balaban J connectivity index is 1.38. The van der Waals surface area contributed by atoms with Crippen LogP contribution in [-0.2, 0) is 32.0 Å². The third kappa shape index (κ3) is 7.44. The number of aryl methyl sites for hydroxylation is 1. The van der Waals surface area contributed by atoms with Gasteiger partial charge < -0.3 is 26.0 Å². The van der Waals surface area contributed by atoms with Crippen molar-refractivity contribution in [1.29, 1.82) is 0 Å². The fourth-order valence-electron chi connectivity index (χ4n) is 5.67. The number of benzene rings is 2. The molecule has 0 radical (unpaired) electrons. The molecule has 2 saturated heterocycles. The van der Waals surface area contributed by atoms with Gasteiger partial charge in [0.2, 0.25) is 17.7 Å². The van der Waals surface area contributed by atoms with Crippen molar-refractivity contribution in [3.05, 3.63) is 71.8 Å². The first-order chi connectivity index (χ1) is 18.8. The van der Waals surface area contributed by atoms with Crippen LogP contribution in [0.5, 0.6) is 0 Å². The lowest BCUT2D eigenvalue weighted by Gasteiger charge is -2.32. The van der Waals surface area contributed by atoms with Gasteiger partial charge in [-0.1, -0.05) is 60.7 Å². The molecule has 2 aromatic carbocycles. The van der Waals surface area contributed by atoms with Crippen molar-refractivity contribution in [3.8, 4) is 0 Å². The molecule has 2 aliphatic heterocycles. The molecule has 39 heavy (non-hydrogen) atoms. The van der Waals surface area contributed by atoms with Crippen molar-refractivity contribution in [2.24, 2.45) is 5.73 Å².